The number of nitrogens with one attached hydrogen (secondary N) is 1. The summed E-state index contributed by atoms with van der Waals surface area (Å²) in [5.74, 6) is 1.37. The first-order chi connectivity index (χ1) is 13.9. The Hall–Kier alpha value is -0.522. The summed E-state index contributed by atoms with van der Waals surface area (Å²) in [5.41, 5.74) is 3.59. The molecule has 164 valence electrons. The Morgan fingerprint density at radius 2 is 2.03 bits per heavy atom. The van der Waals surface area contributed by atoms with Crippen molar-refractivity contribution in [3.63, 3.8) is 0 Å². The van der Waals surface area contributed by atoms with Gasteiger partial charge in [-0.25, -0.2) is 0 Å². The van der Waals surface area contributed by atoms with E-state index in [2.05, 4.69) is 30.4 Å². The molecule has 4 atom stereocenters. The Labute approximate surface area is 183 Å². The molecule has 1 aromatic rings. The van der Waals surface area contributed by atoms with E-state index in [9.17, 15) is 19.0 Å². The Bertz CT molecular complexity index is 681. The van der Waals surface area contributed by atoms with E-state index in [1.807, 2.05) is 0 Å². The van der Waals surface area contributed by atoms with Crippen LogP contribution in [0.25, 0.3) is 0 Å². The van der Waals surface area contributed by atoms with Crippen molar-refractivity contribution >= 4 is 32.8 Å². The van der Waals surface area contributed by atoms with E-state index in [-0.39, 0.29) is 10.7 Å². The zero-order valence-corrected chi connectivity index (χ0v) is 20.3. The van der Waals surface area contributed by atoms with Crippen LogP contribution in [0.5, 0.6) is 0 Å². The van der Waals surface area contributed by atoms with Gasteiger partial charge < -0.3 is 0 Å². The Balaban J connectivity index is 1.65. The van der Waals surface area contributed by atoms with E-state index < -0.39 is 32.4 Å². The first kappa shape index (κ1) is 23.1. The molecule has 4 N–H and O–H groups in total. The van der Waals surface area contributed by atoms with Gasteiger partial charge in [0.1, 0.15) is 0 Å². The number of amides is 1. The zero-order valence-electron chi connectivity index (χ0n) is 17.3. The molecule has 1 aromatic carbocycles. The molecular weight excluding hydrogens is 449 g/mol. The number of aliphatic hydroxyl groups excluding tert-OH is 1. The maximum atomic E-state index is 11.1. The van der Waals surface area contributed by atoms with E-state index in [4.69, 9.17) is 0 Å². The number of carbonyl (C=O) groups is 1. The molecule has 5 nitrogen and oxygen atoms in total. The van der Waals surface area contributed by atoms with E-state index in [0.29, 0.717) is 22.6 Å². The molecule has 1 amide bonds. The van der Waals surface area contributed by atoms with E-state index >= 15 is 0 Å². The molecule has 0 aromatic heterocycles. The van der Waals surface area contributed by atoms with Gasteiger partial charge >= 0.3 is 183 Å². The van der Waals surface area contributed by atoms with Gasteiger partial charge in [0.05, 0.1) is 0 Å². The second-order valence-electron chi connectivity index (χ2n) is 8.66. The Morgan fingerprint density at radius 1 is 1.28 bits per heavy atom. The maximum absolute atomic E-state index is 11.1. The van der Waals surface area contributed by atoms with Gasteiger partial charge in [0, 0.05) is 0 Å². The molecule has 1 heterocycles. The van der Waals surface area contributed by atoms with Crippen LogP contribution in [0.15, 0.2) is 18.2 Å². The summed E-state index contributed by atoms with van der Waals surface area (Å²) in [6, 6.07) is 6.18. The number of fused-ring (bicyclic) bond motifs is 1. The molecule has 0 radical (unpaired) electrons. The minimum absolute atomic E-state index is 0.163. The van der Waals surface area contributed by atoms with Crippen LogP contribution in [0, 0.1) is 5.92 Å². The standard InChI is InChI=1S/C22H36AsNO4S/c1-2-16-8-9-18-13-29(27,28)14-20(19(18)10-16)23-12-22(26)21(24-15-25)11-17-6-4-3-5-7-17/h8-10,15,17,20-23,26-28H,2-7,11-14H2,1H3,(H,24,25)/t20-,21-,22-/m0/s1. The van der Waals surface area contributed by atoms with Crippen LogP contribution >= 0.6 is 10.6 Å². The summed E-state index contributed by atoms with van der Waals surface area (Å²) in [5, 5.41) is 14.4. The monoisotopic (exact) mass is 485 g/mol. The summed E-state index contributed by atoms with van der Waals surface area (Å²) in [6.45, 7) is 2.13. The molecule has 0 bridgehead atoms. The van der Waals surface area contributed by atoms with Gasteiger partial charge in [0.15, 0.2) is 0 Å². The topological polar surface area (TPSA) is 89.8 Å². The van der Waals surface area contributed by atoms with Gasteiger partial charge in [-0.3, -0.25) is 0 Å². The first-order valence-corrected chi connectivity index (χ1v) is 15.5. The molecule has 7 heteroatoms. The van der Waals surface area contributed by atoms with Crippen molar-refractivity contribution in [3.8, 4) is 0 Å². The predicted molar refractivity (Wildman–Crippen MR) is 122 cm³/mol. The van der Waals surface area contributed by atoms with E-state index in [0.717, 1.165) is 24.8 Å². The number of carbonyl (C=O) groups excluding carboxylic acids is 1. The van der Waals surface area contributed by atoms with Gasteiger partial charge in [-0.1, -0.05) is 0 Å². The van der Waals surface area contributed by atoms with Gasteiger partial charge in [0.25, 0.3) is 0 Å². The fraction of sp³-hybridized carbons (Fsp3) is 0.682. The molecule has 3 rings (SSSR count). The quantitative estimate of drug-likeness (QED) is 0.316. The zero-order chi connectivity index (χ0) is 20.9. The van der Waals surface area contributed by atoms with Crippen LogP contribution < -0.4 is 5.32 Å². The fourth-order valence-electron chi connectivity index (χ4n) is 4.76. The average Bonchev–Trinajstić information content (AvgIpc) is 2.71. The van der Waals surface area contributed by atoms with Crippen molar-refractivity contribution in [2.45, 2.75) is 79.7 Å². The van der Waals surface area contributed by atoms with Crippen molar-refractivity contribution in [1.29, 1.82) is 0 Å². The third kappa shape index (κ3) is 6.48. The number of hydrogen-bond acceptors (Lipinski definition) is 4. The van der Waals surface area contributed by atoms with E-state index in [1.165, 1.54) is 43.2 Å². The van der Waals surface area contributed by atoms with E-state index in [1.54, 1.807) is 0 Å². The summed E-state index contributed by atoms with van der Waals surface area (Å²) in [7, 11) is -2.59. The van der Waals surface area contributed by atoms with Gasteiger partial charge in [-0.15, -0.1) is 0 Å². The molecule has 1 saturated carbocycles. The van der Waals surface area contributed by atoms with Gasteiger partial charge in [-0.2, -0.15) is 0 Å². The Morgan fingerprint density at radius 3 is 2.72 bits per heavy atom. The van der Waals surface area contributed by atoms with Crippen LogP contribution in [0.2, 0.25) is 5.21 Å². The SMILES string of the molecule is CCc1ccc2c(c1)[C@@H]([AsH]C[C@H](O)[C@H](CC1CCCCC1)NC=O)CS(O)(O)C2. The van der Waals surface area contributed by atoms with Crippen molar-refractivity contribution in [3.05, 3.63) is 34.9 Å². The number of aryl methyl sites for hydroxylation is 1. The summed E-state index contributed by atoms with van der Waals surface area (Å²) >= 11 is -0.638. The van der Waals surface area contributed by atoms with Gasteiger partial charge in [-0.05, 0) is 0 Å². The van der Waals surface area contributed by atoms with Crippen molar-refractivity contribution in [2.75, 3.05) is 5.75 Å². The summed E-state index contributed by atoms with van der Waals surface area (Å²) in [4.78, 5) is 11.1. The molecule has 1 aliphatic heterocycles. The van der Waals surface area contributed by atoms with Crippen LogP contribution in [-0.4, -0.2) is 54.3 Å². The van der Waals surface area contributed by atoms with Gasteiger partial charge in [0.2, 0.25) is 0 Å². The first-order valence-electron chi connectivity index (χ1n) is 10.9. The number of aliphatic hydroxyl groups is 1. The minimum atomic E-state index is -2.59. The predicted octanol–water partition coefficient (Wildman–Crippen LogP) is 3.86. The molecule has 1 fully saturated rings. The van der Waals surface area contributed by atoms with Crippen LogP contribution in [0.1, 0.15) is 66.8 Å². The summed E-state index contributed by atoms with van der Waals surface area (Å²) in [6.07, 6.45) is 8.16. The van der Waals surface area contributed by atoms with Crippen LogP contribution in [0.4, 0.5) is 0 Å². The molecular formula is C22H36AsNO4S. The molecule has 1 aliphatic carbocycles. The molecule has 0 spiro atoms. The number of benzene rings is 1. The number of rotatable bonds is 9. The molecule has 1 unspecified atom stereocenters. The molecule has 29 heavy (non-hydrogen) atoms. The second kappa shape index (κ2) is 10.7. The van der Waals surface area contributed by atoms with Crippen molar-refractivity contribution in [1.82, 2.24) is 5.32 Å². The summed E-state index contributed by atoms with van der Waals surface area (Å²) < 4.78 is 21.0. The fourth-order valence-corrected chi connectivity index (χ4v) is 11.6. The molecule has 2 aliphatic rings. The van der Waals surface area contributed by atoms with Crippen LogP contribution in [-0.2, 0) is 17.0 Å². The number of hydrogen-bond donors (Lipinski definition) is 4. The van der Waals surface area contributed by atoms with Crippen LogP contribution in [0.3, 0.4) is 0 Å². The third-order valence-corrected chi connectivity index (χ3v) is 12.2. The van der Waals surface area contributed by atoms with Crippen molar-refractivity contribution in [2.24, 2.45) is 5.92 Å². The average molecular weight is 486 g/mol. The third-order valence-electron chi connectivity index (χ3n) is 6.45. The normalized spacial score (nSPS) is 25.3. The second-order valence-corrected chi connectivity index (χ2v) is 14.1. The van der Waals surface area contributed by atoms with Crippen molar-refractivity contribution < 1.29 is 19.0 Å². The molecule has 0 saturated heterocycles. The Kier molecular flexibility index (Phi) is 8.52.